The van der Waals surface area contributed by atoms with Crippen LogP contribution in [0.15, 0.2) is 28.9 Å². The first kappa shape index (κ1) is 13.7. The molecule has 0 aliphatic heterocycles. The maximum atomic E-state index is 11.6. The van der Waals surface area contributed by atoms with Crippen molar-refractivity contribution in [2.24, 2.45) is 0 Å². The Morgan fingerprint density at radius 2 is 2.05 bits per heavy atom. The molecule has 2 rings (SSSR count). The summed E-state index contributed by atoms with van der Waals surface area (Å²) in [6.45, 7) is 8.71. The van der Waals surface area contributed by atoms with Gasteiger partial charge in [-0.05, 0) is 30.0 Å². The van der Waals surface area contributed by atoms with E-state index in [4.69, 9.17) is 9.15 Å². The second-order valence-electron chi connectivity index (χ2n) is 5.70. The zero-order valence-electron chi connectivity index (χ0n) is 11.9. The maximum absolute atomic E-state index is 11.6. The molecule has 102 valence electrons. The number of fused-ring (bicyclic) bond motifs is 1. The molecule has 0 amide bonds. The van der Waals surface area contributed by atoms with Crippen molar-refractivity contribution in [1.82, 2.24) is 0 Å². The predicted octanol–water partition coefficient (Wildman–Crippen LogP) is 3.84. The second-order valence-corrected chi connectivity index (χ2v) is 5.70. The highest BCUT2D eigenvalue weighted by Gasteiger charge is 2.17. The highest BCUT2D eigenvalue weighted by atomic mass is 16.5. The molecule has 0 unspecified atom stereocenters. The average molecular weight is 260 g/mol. The van der Waals surface area contributed by atoms with E-state index in [1.165, 1.54) is 5.56 Å². The molecule has 0 saturated carbocycles. The average Bonchev–Trinajstić information content (AvgIpc) is 2.71. The lowest BCUT2D eigenvalue weighted by molar-refractivity contribution is -0.142. The lowest BCUT2D eigenvalue weighted by Crippen LogP contribution is -2.11. The van der Waals surface area contributed by atoms with E-state index in [2.05, 4.69) is 32.9 Å². The molecule has 3 heteroatoms. The van der Waals surface area contributed by atoms with Gasteiger partial charge < -0.3 is 9.15 Å². The van der Waals surface area contributed by atoms with Crippen molar-refractivity contribution in [2.75, 3.05) is 6.61 Å². The zero-order valence-corrected chi connectivity index (χ0v) is 11.9. The molecular weight excluding hydrogens is 240 g/mol. The fourth-order valence-corrected chi connectivity index (χ4v) is 2.05. The molecule has 1 aromatic heterocycles. The summed E-state index contributed by atoms with van der Waals surface area (Å²) in [5.74, 6) is -0.216. The van der Waals surface area contributed by atoms with Crippen LogP contribution < -0.4 is 0 Å². The third-order valence-electron chi connectivity index (χ3n) is 3.16. The lowest BCUT2D eigenvalue weighted by Gasteiger charge is -2.18. The molecule has 0 spiro atoms. The van der Waals surface area contributed by atoms with Gasteiger partial charge >= 0.3 is 5.97 Å². The Morgan fingerprint density at radius 1 is 1.32 bits per heavy atom. The second kappa shape index (κ2) is 5.08. The molecule has 0 radical (unpaired) electrons. The number of carbonyl (C=O) groups is 1. The van der Waals surface area contributed by atoms with Gasteiger partial charge in [0.25, 0.3) is 0 Å². The molecule has 19 heavy (non-hydrogen) atoms. The van der Waals surface area contributed by atoms with Crippen molar-refractivity contribution in [3.05, 3.63) is 35.6 Å². The molecule has 1 aromatic carbocycles. The molecule has 0 fully saturated rings. The first-order valence-electron chi connectivity index (χ1n) is 6.58. The largest absolute Gasteiger partial charge is 0.466 e. The van der Waals surface area contributed by atoms with E-state index in [0.29, 0.717) is 6.61 Å². The van der Waals surface area contributed by atoms with E-state index >= 15 is 0 Å². The number of furan rings is 1. The van der Waals surface area contributed by atoms with Crippen LogP contribution in [0.4, 0.5) is 0 Å². The van der Waals surface area contributed by atoms with Crippen LogP contribution in [0.2, 0.25) is 0 Å². The van der Waals surface area contributed by atoms with Gasteiger partial charge in [-0.15, -0.1) is 0 Å². The Labute approximate surface area is 113 Å². The molecule has 3 nitrogen and oxygen atoms in total. The van der Waals surface area contributed by atoms with Gasteiger partial charge in [-0.25, -0.2) is 0 Å². The Hall–Kier alpha value is -1.77. The predicted molar refractivity (Wildman–Crippen MR) is 75.3 cm³/mol. The monoisotopic (exact) mass is 260 g/mol. The van der Waals surface area contributed by atoms with Crippen LogP contribution in [-0.2, 0) is 21.4 Å². The first-order valence-corrected chi connectivity index (χ1v) is 6.58. The molecule has 0 N–H and O–H groups in total. The quantitative estimate of drug-likeness (QED) is 0.787. The van der Waals surface area contributed by atoms with Gasteiger partial charge in [0.1, 0.15) is 5.58 Å². The van der Waals surface area contributed by atoms with E-state index in [-0.39, 0.29) is 17.8 Å². The highest BCUT2D eigenvalue weighted by molar-refractivity contribution is 5.86. The normalized spacial score (nSPS) is 11.8. The summed E-state index contributed by atoms with van der Waals surface area (Å²) in [5.41, 5.74) is 3.01. The molecule has 0 atom stereocenters. The summed E-state index contributed by atoms with van der Waals surface area (Å²) < 4.78 is 10.5. The van der Waals surface area contributed by atoms with Crippen molar-refractivity contribution >= 4 is 16.9 Å². The topological polar surface area (TPSA) is 39.4 Å². The molecule has 0 aliphatic rings. The third kappa shape index (κ3) is 2.98. The highest BCUT2D eigenvalue weighted by Crippen LogP contribution is 2.29. The van der Waals surface area contributed by atoms with Gasteiger partial charge in [-0.3, -0.25) is 4.79 Å². The Bertz CT molecular complexity index is 588. The van der Waals surface area contributed by atoms with Gasteiger partial charge in [0, 0.05) is 10.9 Å². The summed E-state index contributed by atoms with van der Waals surface area (Å²) in [5, 5.41) is 1.00. The molecule has 2 aromatic rings. The number of benzene rings is 1. The number of hydrogen-bond donors (Lipinski definition) is 0. The zero-order chi connectivity index (χ0) is 14.0. The third-order valence-corrected chi connectivity index (χ3v) is 3.16. The lowest BCUT2D eigenvalue weighted by atomic mass is 9.86. The standard InChI is InChI=1S/C16H20O3/c1-5-18-15(17)8-11-10-19-14-7-6-12(9-13(11)14)16(2,3)4/h6-7,9-10H,5,8H2,1-4H3. The molecule has 0 aliphatic carbocycles. The molecule has 0 saturated heterocycles. The van der Waals surface area contributed by atoms with Gasteiger partial charge in [0.15, 0.2) is 0 Å². The fourth-order valence-electron chi connectivity index (χ4n) is 2.05. The number of hydrogen-bond acceptors (Lipinski definition) is 3. The van der Waals surface area contributed by atoms with Gasteiger partial charge in [0.05, 0.1) is 19.3 Å². The molecule has 0 bridgehead atoms. The van der Waals surface area contributed by atoms with Crippen molar-refractivity contribution < 1.29 is 13.9 Å². The van der Waals surface area contributed by atoms with Crippen LogP contribution in [-0.4, -0.2) is 12.6 Å². The van der Waals surface area contributed by atoms with Crippen LogP contribution in [0, 0.1) is 0 Å². The minimum absolute atomic E-state index is 0.0760. The van der Waals surface area contributed by atoms with Crippen molar-refractivity contribution in [3.63, 3.8) is 0 Å². The van der Waals surface area contributed by atoms with Gasteiger partial charge in [-0.1, -0.05) is 26.8 Å². The van der Waals surface area contributed by atoms with Crippen LogP contribution in [0.1, 0.15) is 38.8 Å². The van der Waals surface area contributed by atoms with Crippen molar-refractivity contribution in [3.8, 4) is 0 Å². The smallest absolute Gasteiger partial charge is 0.310 e. The number of ether oxygens (including phenoxy) is 1. The van der Waals surface area contributed by atoms with Crippen molar-refractivity contribution in [2.45, 2.75) is 39.5 Å². The molecule has 1 heterocycles. The van der Waals surface area contributed by atoms with Crippen LogP contribution in [0.3, 0.4) is 0 Å². The number of esters is 1. The SMILES string of the molecule is CCOC(=O)Cc1coc2ccc(C(C)(C)C)cc12. The number of carbonyl (C=O) groups excluding carboxylic acids is 1. The molecular formula is C16H20O3. The summed E-state index contributed by atoms with van der Waals surface area (Å²) >= 11 is 0. The van der Waals surface area contributed by atoms with E-state index in [1.54, 1.807) is 6.26 Å². The fraction of sp³-hybridized carbons (Fsp3) is 0.438. The van der Waals surface area contributed by atoms with E-state index in [1.807, 2.05) is 13.0 Å². The van der Waals surface area contributed by atoms with E-state index < -0.39 is 0 Å². The van der Waals surface area contributed by atoms with E-state index in [0.717, 1.165) is 16.5 Å². The van der Waals surface area contributed by atoms with Crippen LogP contribution in [0.5, 0.6) is 0 Å². The number of rotatable bonds is 3. The van der Waals surface area contributed by atoms with Crippen molar-refractivity contribution in [1.29, 1.82) is 0 Å². The van der Waals surface area contributed by atoms with Crippen LogP contribution in [0.25, 0.3) is 11.0 Å². The van der Waals surface area contributed by atoms with E-state index in [9.17, 15) is 4.79 Å². The first-order chi connectivity index (χ1) is 8.91. The maximum Gasteiger partial charge on any atom is 0.310 e. The van der Waals surface area contributed by atoms with Gasteiger partial charge in [-0.2, -0.15) is 0 Å². The summed E-state index contributed by atoms with van der Waals surface area (Å²) in [6, 6.07) is 6.14. The summed E-state index contributed by atoms with van der Waals surface area (Å²) in [4.78, 5) is 11.6. The Balaban J connectivity index is 2.37. The van der Waals surface area contributed by atoms with Gasteiger partial charge in [0.2, 0.25) is 0 Å². The Kier molecular flexibility index (Phi) is 3.65. The minimum atomic E-state index is -0.216. The summed E-state index contributed by atoms with van der Waals surface area (Å²) in [6.07, 6.45) is 1.91. The van der Waals surface area contributed by atoms with Crippen LogP contribution >= 0.6 is 0 Å². The minimum Gasteiger partial charge on any atom is -0.466 e. The Morgan fingerprint density at radius 3 is 2.68 bits per heavy atom. The summed E-state index contributed by atoms with van der Waals surface area (Å²) in [7, 11) is 0.